The Morgan fingerprint density at radius 2 is 2.00 bits per heavy atom. The van der Waals surface area contributed by atoms with Crippen molar-refractivity contribution in [2.24, 2.45) is 11.8 Å². The quantitative estimate of drug-likeness (QED) is 0.594. The Balaban J connectivity index is 2.22. The van der Waals surface area contributed by atoms with Crippen molar-refractivity contribution in [3.8, 4) is 0 Å². The van der Waals surface area contributed by atoms with Gasteiger partial charge in [0, 0.05) is 17.4 Å². The Labute approximate surface area is 83.1 Å². The molecule has 1 saturated carbocycles. The maximum absolute atomic E-state index is 11.6. The molecule has 0 aliphatic heterocycles. The van der Waals surface area contributed by atoms with Crippen LogP contribution in [0.5, 0.6) is 0 Å². The van der Waals surface area contributed by atoms with Crippen molar-refractivity contribution in [2.45, 2.75) is 25.7 Å². The molecule has 0 amide bonds. The summed E-state index contributed by atoms with van der Waals surface area (Å²) in [5.41, 5.74) is 0.599. The average molecular weight is 194 g/mol. The molecule has 2 aliphatic rings. The highest BCUT2D eigenvalue weighted by molar-refractivity contribution is 6.05. The second kappa shape index (κ2) is 3.56. The van der Waals surface area contributed by atoms with Crippen LogP contribution >= 0.6 is 0 Å². The van der Waals surface area contributed by atoms with Gasteiger partial charge < -0.3 is 4.74 Å². The smallest absolute Gasteiger partial charge is 0.334 e. The number of hydrogen-bond donors (Lipinski definition) is 0. The van der Waals surface area contributed by atoms with Crippen LogP contribution in [0, 0.1) is 11.8 Å². The highest BCUT2D eigenvalue weighted by Gasteiger charge is 2.40. The highest BCUT2D eigenvalue weighted by Crippen LogP contribution is 2.40. The molecule has 0 radical (unpaired) electrons. The molecule has 3 heteroatoms. The molecular formula is C11H14O3. The van der Waals surface area contributed by atoms with E-state index in [9.17, 15) is 9.59 Å². The maximum atomic E-state index is 11.6. The van der Waals surface area contributed by atoms with Gasteiger partial charge in [-0.05, 0) is 18.9 Å². The molecular weight excluding hydrogens is 180 g/mol. The summed E-state index contributed by atoms with van der Waals surface area (Å²) >= 11 is 0. The van der Waals surface area contributed by atoms with Gasteiger partial charge >= 0.3 is 5.97 Å². The van der Waals surface area contributed by atoms with Crippen molar-refractivity contribution in [1.82, 2.24) is 0 Å². The van der Waals surface area contributed by atoms with E-state index >= 15 is 0 Å². The van der Waals surface area contributed by atoms with Crippen molar-refractivity contribution < 1.29 is 14.3 Å². The normalized spacial score (nSPS) is 30.9. The van der Waals surface area contributed by atoms with Gasteiger partial charge in [0.25, 0.3) is 0 Å². The van der Waals surface area contributed by atoms with Gasteiger partial charge in [-0.1, -0.05) is 12.8 Å². The molecule has 0 saturated heterocycles. The number of ether oxygens (including phenoxy) is 1. The number of esters is 1. The van der Waals surface area contributed by atoms with Gasteiger partial charge in [0.05, 0.1) is 7.11 Å². The Morgan fingerprint density at radius 3 is 2.64 bits per heavy atom. The summed E-state index contributed by atoms with van der Waals surface area (Å²) in [6.45, 7) is 0. The van der Waals surface area contributed by atoms with Gasteiger partial charge in [0.15, 0.2) is 5.78 Å². The molecule has 2 aliphatic carbocycles. The lowest BCUT2D eigenvalue weighted by molar-refractivity contribution is -0.136. The Kier molecular flexibility index (Phi) is 2.40. The van der Waals surface area contributed by atoms with Crippen LogP contribution in [-0.2, 0) is 14.3 Å². The van der Waals surface area contributed by atoms with Crippen molar-refractivity contribution >= 4 is 11.8 Å². The number of hydrogen-bond acceptors (Lipinski definition) is 3. The molecule has 3 nitrogen and oxygen atoms in total. The molecule has 0 unspecified atom stereocenters. The number of allylic oxidation sites excluding steroid dienone is 1. The molecule has 76 valence electrons. The van der Waals surface area contributed by atoms with E-state index in [0.29, 0.717) is 5.57 Å². The number of fused-ring (bicyclic) bond motifs is 1. The van der Waals surface area contributed by atoms with E-state index in [4.69, 9.17) is 0 Å². The summed E-state index contributed by atoms with van der Waals surface area (Å²) in [4.78, 5) is 22.9. The van der Waals surface area contributed by atoms with Crippen LogP contribution in [0.15, 0.2) is 11.6 Å². The third-order valence-corrected chi connectivity index (χ3v) is 3.25. The lowest BCUT2D eigenvalue weighted by Crippen LogP contribution is -2.23. The molecule has 1 fully saturated rings. The van der Waals surface area contributed by atoms with Gasteiger partial charge in [-0.25, -0.2) is 4.79 Å². The number of ketones is 1. The number of methoxy groups -OCH3 is 1. The largest absolute Gasteiger partial charge is 0.466 e. The molecule has 2 rings (SSSR count). The van der Waals surface area contributed by atoms with Crippen LogP contribution in [0.4, 0.5) is 0 Å². The number of carbonyl (C=O) groups excluding carboxylic acids is 2. The van der Waals surface area contributed by atoms with Crippen LogP contribution in [-0.4, -0.2) is 18.9 Å². The van der Waals surface area contributed by atoms with Crippen LogP contribution in [0.25, 0.3) is 0 Å². The summed E-state index contributed by atoms with van der Waals surface area (Å²) in [5, 5.41) is 0. The van der Waals surface area contributed by atoms with Gasteiger partial charge in [-0.15, -0.1) is 0 Å². The van der Waals surface area contributed by atoms with Gasteiger partial charge in [-0.3, -0.25) is 4.79 Å². The molecule has 0 aromatic rings. The number of carbonyl (C=O) groups is 2. The minimum Gasteiger partial charge on any atom is -0.466 e. The van der Waals surface area contributed by atoms with Gasteiger partial charge in [0.1, 0.15) is 0 Å². The molecule has 2 atom stereocenters. The van der Waals surface area contributed by atoms with Crippen LogP contribution in [0.2, 0.25) is 0 Å². The fourth-order valence-corrected chi connectivity index (χ4v) is 2.54. The van der Waals surface area contributed by atoms with E-state index in [-0.39, 0.29) is 23.6 Å². The van der Waals surface area contributed by atoms with Crippen LogP contribution in [0.1, 0.15) is 25.7 Å². The zero-order valence-electron chi connectivity index (χ0n) is 8.29. The van der Waals surface area contributed by atoms with E-state index in [1.165, 1.54) is 13.2 Å². The fraction of sp³-hybridized carbons (Fsp3) is 0.636. The first-order valence-electron chi connectivity index (χ1n) is 5.08. The van der Waals surface area contributed by atoms with Crippen molar-refractivity contribution in [3.05, 3.63) is 11.6 Å². The van der Waals surface area contributed by atoms with E-state index in [2.05, 4.69) is 4.74 Å². The summed E-state index contributed by atoms with van der Waals surface area (Å²) in [5.74, 6) is 0.00407. The zero-order chi connectivity index (χ0) is 10.1. The summed E-state index contributed by atoms with van der Waals surface area (Å²) in [6, 6.07) is 0. The second-order valence-electron chi connectivity index (χ2n) is 3.99. The van der Waals surface area contributed by atoms with E-state index in [1.54, 1.807) is 0 Å². The zero-order valence-corrected chi connectivity index (χ0v) is 8.29. The first kappa shape index (κ1) is 9.44. The second-order valence-corrected chi connectivity index (χ2v) is 3.99. The first-order valence-corrected chi connectivity index (χ1v) is 5.08. The third kappa shape index (κ3) is 1.37. The van der Waals surface area contributed by atoms with E-state index in [1.807, 2.05) is 0 Å². The monoisotopic (exact) mass is 194 g/mol. The van der Waals surface area contributed by atoms with E-state index < -0.39 is 0 Å². The van der Waals surface area contributed by atoms with Crippen molar-refractivity contribution in [3.63, 3.8) is 0 Å². The SMILES string of the molecule is COC(=O)C1=CC(=O)[C@@H]2CCCC[C@@H]12. The standard InChI is InChI=1S/C11H14O3/c1-14-11(13)9-6-10(12)8-5-3-2-4-7(8)9/h6-8H,2-5H2,1H3/t7-,8-/m1/s1. The van der Waals surface area contributed by atoms with Crippen LogP contribution < -0.4 is 0 Å². The average Bonchev–Trinajstić information content (AvgIpc) is 2.56. The summed E-state index contributed by atoms with van der Waals surface area (Å²) in [6.07, 6.45) is 5.60. The first-order chi connectivity index (χ1) is 6.74. The minimum absolute atomic E-state index is 0.0675. The van der Waals surface area contributed by atoms with Gasteiger partial charge in [0.2, 0.25) is 0 Å². The lowest BCUT2D eigenvalue weighted by atomic mass is 9.78. The lowest BCUT2D eigenvalue weighted by Gasteiger charge is -2.25. The molecule has 0 aromatic heterocycles. The van der Waals surface area contributed by atoms with Crippen molar-refractivity contribution in [1.29, 1.82) is 0 Å². The predicted molar refractivity (Wildman–Crippen MR) is 50.6 cm³/mol. The van der Waals surface area contributed by atoms with Gasteiger partial charge in [-0.2, -0.15) is 0 Å². The third-order valence-electron chi connectivity index (χ3n) is 3.25. The predicted octanol–water partition coefficient (Wildman–Crippen LogP) is 1.47. The molecule has 0 aromatic carbocycles. The summed E-state index contributed by atoms with van der Waals surface area (Å²) in [7, 11) is 1.36. The Hall–Kier alpha value is -1.12. The Bertz CT molecular complexity index is 304. The minimum atomic E-state index is -0.326. The molecule has 0 spiro atoms. The topological polar surface area (TPSA) is 43.4 Å². The highest BCUT2D eigenvalue weighted by atomic mass is 16.5. The Morgan fingerprint density at radius 1 is 1.36 bits per heavy atom. The molecule has 0 bridgehead atoms. The molecule has 0 heterocycles. The molecule has 0 N–H and O–H groups in total. The van der Waals surface area contributed by atoms with Crippen molar-refractivity contribution in [2.75, 3.05) is 7.11 Å². The number of rotatable bonds is 1. The summed E-state index contributed by atoms with van der Waals surface area (Å²) < 4.78 is 4.67. The van der Waals surface area contributed by atoms with Crippen LogP contribution in [0.3, 0.4) is 0 Å². The maximum Gasteiger partial charge on any atom is 0.334 e. The van der Waals surface area contributed by atoms with E-state index in [0.717, 1.165) is 25.7 Å². The fourth-order valence-electron chi connectivity index (χ4n) is 2.54. The molecule has 14 heavy (non-hydrogen) atoms.